The highest BCUT2D eigenvalue weighted by Gasteiger charge is 2.31. The molecule has 24 heavy (non-hydrogen) atoms. The van der Waals surface area contributed by atoms with Gasteiger partial charge in [0.2, 0.25) is 15.9 Å². The fraction of sp³-hybridized carbons (Fsp3) is 0.462. The van der Waals surface area contributed by atoms with E-state index in [-0.39, 0.29) is 4.90 Å². The molecule has 7 nitrogen and oxygen atoms in total. The fourth-order valence-electron chi connectivity index (χ4n) is 1.88. The summed E-state index contributed by atoms with van der Waals surface area (Å²) in [7, 11) is -4.01. The molecule has 1 aromatic rings. The average Bonchev–Trinajstić information content (AvgIpc) is 2.42. The second-order valence-corrected chi connectivity index (χ2v) is 6.94. The molecule has 1 fully saturated rings. The summed E-state index contributed by atoms with van der Waals surface area (Å²) in [5.74, 6) is -0.678. The second kappa shape index (κ2) is 7.36. The van der Waals surface area contributed by atoms with Crippen molar-refractivity contribution in [2.75, 3.05) is 26.2 Å². The number of carbonyl (C=O) groups excluding carboxylic acids is 1. The van der Waals surface area contributed by atoms with E-state index in [1.807, 2.05) is 0 Å². The topological polar surface area (TPSA) is 96.5 Å². The quantitative estimate of drug-likeness (QED) is 0.640. The van der Waals surface area contributed by atoms with Gasteiger partial charge in [0, 0.05) is 25.6 Å². The van der Waals surface area contributed by atoms with E-state index in [4.69, 9.17) is 0 Å². The van der Waals surface area contributed by atoms with Crippen LogP contribution in [0.5, 0.6) is 5.75 Å². The van der Waals surface area contributed by atoms with Gasteiger partial charge in [0.05, 0.1) is 11.4 Å². The molecule has 0 spiro atoms. The molecule has 1 amide bonds. The van der Waals surface area contributed by atoms with E-state index in [9.17, 15) is 26.4 Å². The number of hydrogen-bond donors (Lipinski definition) is 3. The standard InChI is InChI=1S/C13H16F3N3O4S/c14-13(15,16)23-10-1-3-11(4-2-10)24(21,22)19-8-12(20)18-7-9-5-17-6-9/h1-4,9,17,19H,5-8H2,(H,18,20). The van der Waals surface area contributed by atoms with Crippen molar-refractivity contribution in [2.24, 2.45) is 5.92 Å². The minimum atomic E-state index is -4.85. The average molecular weight is 367 g/mol. The van der Waals surface area contributed by atoms with Crippen LogP contribution in [0.4, 0.5) is 13.2 Å². The molecule has 0 atom stereocenters. The number of ether oxygens (including phenoxy) is 1. The molecule has 0 saturated carbocycles. The zero-order valence-corrected chi connectivity index (χ0v) is 13.2. The summed E-state index contributed by atoms with van der Waals surface area (Å²) in [6.45, 7) is 1.61. The molecule has 0 radical (unpaired) electrons. The monoisotopic (exact) mass is 367 g/mol. The molecule has 11 heteroatoms. The highest BCUT2D eigenvalue weighted by molar-refractivity contribution is 7.89. The first kappa shape index (κ1) is 18.5. The Morgan fingerprint density at radius 1 is 1.25 bits per heavy atom. The number of halogens is 3. The zero-order valence-electron chi connectivity index (χ0n) is 12.4. The van der Waals surface area contributed by atoms with Crippen LogP contribution >= 0.6 is 0 Å². The SMILES string of the molecule is O=C(CNS(=O)(=O)c1ccc(OC(F)(F)F)cc1)NCC1CNC1. The molecular formula is C13H16F3N3O4S. The van der Waals surface area contributed by atoms with Crippen LogP contribution < -0.4 is 20.1 Å². The summed E-state index contributed by atoms with van der Waals surface area (Å²) in [6, 6.07) is 3.68. The Morgan fingerprint density at radius 3 is 2.38 bits per heavy atom. The molecule has 1 aromatic carbocycles. The summed E-state index contributed by atoms with van der Waals surface area (Å²) >= 11 is 0. The van der Waals surface area contributed by atoms with Crippen molar-refractivity contribution in [1.29, 1.82) is 0 Å². The number of nitrogens with one attached hydrogen (secondary N) is 3. The van der Waals surface area contributed by atoms with Crippen molar-refractivity contribution >= 4 is 15.9 Å². The highest BCUT2D eigenvalue weighted by Crippen LogP contribution is 2.23. The first-order valence-electron chi connectivity index (χ1n) is 6.98. The van der Waals surface area contributed by atoms with Crippen LogP contribution in [0.2, 0.25) is 0 Å². The Balaban J connectivity index is 1.86. The lowest BCUT2D eigenvalue weighted by molar-refractivity contribution is -0.274. The second-order valence-electron chi connectivity index (χ2n) is 5.17. The van der Waals surface area contributed by atoms with Gasteiger partial charge < -0.3 is 15.4 Å². The zero-order chi connectivity index (χ0) is 17.8. The predicted molar refractivity (Wildman–Crippen MR) is 77.7 cm³/mol. The van der Waals surface area contributed by atoms with E-state index in [0.717, 1.165) is 37.4 Å². The van der Waals surface area contributed by atoms with Crippen molar-refractivity contribution in [3.63, 3.8) is 0 Å². The molecular weight excluding hydrogens is 351 g/mol. The molecule has 0 aliphatic carbocycles. The van der Waals surface area contributed by atoms with Gasteiger partial charge in [-0.15, -0.1) is 13.2 Å². The van der Waals surface area contributed by atoms with Crippen LogP contribution in [0.1, 0.15) is 0 Å². The summed E-state index contributed by atoms with van der Waals surface area (Å²) in [5.41, 5.74) is 0. The lowest BCUT2D eigenvalue weighted by atomic mass is 10.0. The maximum absolute atomic E-state index is 12.0. The minimum absolute atomic E-state index is 0.270. The summed E-state index contributed by atoms with van der Waals surface area (Å²) in [5, 5.41) is 5.63. The largest absolute Gasteiger partial charge is 0.573 e. The Morgan fingerprint density at radius 2 is 1.88 bits per heavy atom. The third-order valence-electron chi connectivity index (χ3n) is 3.24. The number of sulfonamides is 1. The maximum Gasteiger partial charge on any atom is 0.573 e. The van der Waals surface area contributed by atoms with Gasteiger partial charge in [-0.25, -0.2) is 13.1 Å². The Bertz CT molecular complexity index is 673. The Labute approximate surface area is 136 Å². The van der Waals surface area contributed by atoms with Gasteiger partial charge in [-0.2, -0.15) is 0 Å². The smallest absolute Gasteiger partial charge is 0.406 e. The summed E-state index contributed by atoms with van der Waals surface area (Å²) in [6.07, 6.45) is -4.85. The third kappa shape index (κ3) is 5.65. The van der Waals surface area contributed by atoms with Crippen molar-refractivity contribution in [1.82, 2.24) is 15.4 Å². The number of rotatable bonds is 7. The molecule has 1 aliphatic heterocycles. The lowest BCUT2D eigenvalue weighted by Crippen LogP contribution is -2.49. The molecule has 0 bridgehead atoms. The van der Waals surface area contributed by atoms with Gasteiger partial charge >= 0.3 is 6.36 Å². The molecule has 1 heterocycles. The molecule has 1 saturated heterocycles. The van der Waals surface area contributed by atoms with Gasteiger partial charge in [-0.05, 0) is 24.3 Å². The number of amides is 1. The number of carbonyl (C=O) groups is 1. The van der Waals surface area contributed by atoms with Gasteiger partial charge in [0.15, 0.2) is 0 Å². The molecule has 134 valence electrons. The molecule has 1 aliphatic rings. The van der Waals surface area contributed by atoms with Crippen LogP contribution in [-0.2, 0) is 14.8 Å². The van der Waals surface area contributed by atoms with Crippen LogP contribution in [0, 0.1) is 5.92 Å². The van der Waals surface area contributed by atoms with Crippen LogP contribution in [0.3, 0.4) is 0 Å². The van der Waals surface area contributed by atoms with Crippen molar-refractivity contribution in [3.05, 3.63) is 24.3 Å². The Kier molecular flexibility index (Phi) is 5.67. The van der Waals surface area contributed by atoms with E-state index in [1.165, 1.54) is 0 Å². The van der Waals surface area contributed by atoms with Crippen molar-refractivity contribution in [3.8, 4) is 5.75 Å². The first-order chi connectivity index (χ1) is 11.2. The Hall–Kier alpha value is -1.85. The van der Waals surface area contributed by atoms with Crippen molar-refractivity contribution in [2.45, 2.75) is 11.3 Å². The molecule has 0 aromatic heterocycles. The van der Waals surface area contributed by atoms with E-state index in [0.29, 0.717) is 12.5 Å². The van der Waals surface area contributed by atoms with Gasteiger partial charge in [-0.1, -0.05) is 0 Å². The predicted octanol–water partition coefficient (Wildman–Crippen LogP) is 0.199. The number of hydrogen-bond acceptors (Lipinski definition) is 5. The third-order valence-corrected chi connectivity index (χ3v) is 4.66. The van der Waals surface area contributed by atoms with Crippen molar-refractivity contribution < 1.29 is 31.1 Å². The highest BCUT2D eigenvalue weighted by atomic mass is 32.2. The maximum atomic E-state index is 12.0. The number of alkyl halides is 3. The van der Waals surface area contributed by atoms with E-state index in [2.05, 4.69) is 20.1 Å². The lowest BCUT2D eigenvalue weighted by Gasteiger charge is -2.27. The summed E-state index contributed by atoms with van der Waals surface area (Å²) in [4.78, 5) is 11.3. The number of benzene rings is 1. The summed E-state index contributed by atoms with van der Waals surface area (Å²) < 4.78 is 65.8. The minimum Gasteiger partial charge on any atom is -0.406 e. The van der Waals surface area contributed by atoms with E-state index in [1.54, 1.807) is 0 Å². The van der Waals surface area contributed by atoms with E-state index >= 15 is 0 Å². The van der Waals surface area contributed by atoms with E-state index < -0.39 is 34.6 Å². The molecule has 3 N–H and O–H groups in total. The van der Waals surface area contributed by atoms with Gasteiger partial charge in [0.25, 0.3) is 0 Å². The van der Waals surface area contributed by atoms with Gasteiger partial charge in [-0.3, -0.25) is 4.79 Å². The normalized spacial score (nSPS) is 15.6. The van der Waals surface area contributed by atoms with Crippen LogP contribution in [0.25, 0.3) is 0 Å². The van der Waals surface area contributed by atoms with Crippen LogP contribution in [0.15, 0.2) is 29.2 Å². The van der Waals surface area contributed by atoms with Gasteiger partial charge in [0.1, 0.15) is 5.75 Å². The van der Waals surface area contributed by atoms with Crippen LogP contribution in [-0.4, -0.2) is 46.9 Å². The first-order valence-corrected chi connectivity index (χ1v) is 8.47. The molecule has 0 unspecified atom stereocenters. The molecule has 2 rings (SSSR count). The fourth-order valence-corrected chi connectivity index (χ4v) is 2.86.